The Hall–Kier alpha value is -0.290. The highest BCUT2D eigenvalue weighted by Crippen LogP contribution is 2.25. The smallest absolute Gasteiger partial charge is 0.133 e. The number of hydrogen-bond donors (Lipinski definition) is 0. The second-order valence-corrected chi connectivity index (χ2v) is 6.59. The SMILES string of the molecule is CCCc1nc(Br)cc(N2CCC(SC)CC2)n1. The highest BCUT2D eigenvalue weighted by Gasteiger charge is 2.20. The summed E-state index contributed by atoms with van der Waals surface area (Å²) in [4.78, 5) is 11.5. The standard InChI is InChI=1S/C13H20BrN3S/c1-3-4-12-15-11(14)9-13(16-12)17-7-5-10(18-2)6-8-17/h9-10H,3-8H2,1-2H3. The maximum Gasteiger partial charge on any atom is 0.133 e. The quantitative estimate of drug-likeness (QED) is 0.790. The summed E-state index contributed by atoms with van der Waals surface area (Å²) in [6, 6.07) is 2.04. The van der Waals surface area contributed by atoms with Crippen molar-refractivity contribution >= 4 is 33.5 Å². The van der Waals surface area contributed by atoms with Crippen LogP contribution in [0.25, 0.3) is 0 Å². The van der Waals surface area contributed by atoms with Gasteiger partial charge in [0.1, 0.15) is 16.2 Å². The van der Waals surface area contributed by atoms with E-state index in [4.69, 9.17) is 0 Å². The van der Waals surface area contributed by atoms with Crippen LogP contribution in [0.2, 0.25) is 0 Å². The van der Waals surface area contributed by atoms with Gasteiger partial charge in [0.25, 0.3) is 0 Å². The predicted molar refractivity (Wildman–Crippen MR) is 82.5 cm³/mol. The minimum absolute atomic E-state index is 0.821. The van der Waals surface area contributed by atoms with E-state index < -0.39 is 0 Å². The first kappa shape index (κ1) is 14.1. The van der Waals surface area contributed by atoms with Crippen LogP contribution in [-0.4, -0.2) is 34.6 Å². The van der Waals surface area contributed by atoms with E-state index in [1.807, 2.05) is 17.8 Å². The Balaban J connectivity index is 2.08. The summed E-state index contributed by atoms with van der Waals surface area (Å²) in [5.74, 6) is 2.04. The van der Waals surface area contributed by atoms with Crippen molar-refractivity contribution in [2.75, 3.05) is 24.2 Å². The molecule has 0 aliphatic carbocycles. The molecule has 0 N–H and O–H groups in total. The van der Waals surface area contributed by atoms with Crippen molar-refractivity contribution in [2.45, 2.75) is 37.9 Å². The zero-order valence-corrected chi connectivity index (χ0v) is 13.4. The number of piperidine rings is 1. The lowest BCUT2D eigenvalue weighted by Gasteiger charge is -2.32. The molecular weight excluding hydrogens is 310 g/mol. The van der Waals surface area contributed by atoms with E-state index in [1.54, 1.807) is 0 Å². The Morgan fingerprint density at radius 3 is 2.72 bits per heavy atom. The van der Waals surface area contributed by atoms with Gasteiger partial charge in [0.2, 0.25) is 0 Å². The van der Waals surface area contributed by atoms with Gasteiger partial charge in [0.15, 0.2) is 0 Å². The van der Waals surface area contributed by atoms with Gasteiger partial charge in [0, 0.05) is 30.8 Å². The average Bonchev–Trinajstić information content (AvgIpc) is 2.38. The lowest BCUT2D eigenvalue weighted by Crippen LogP contribution is -2.35. The molecule has 1 aliphatic heterocycles. The lowest BCUT2D eigenvalue weighted by atomic mass is 10.1. The fourth-order valence-corrected chi connectivity index (χ4v) is 3.36. The molecule has 1 aromatic heterocycles. The Bertz CT molecular complexity index is 392. The van der Waals surface area contributed by atoms with Crippen LogP contribution in [0.5, 0.6) is 0 Å². The number of nitrogens with zero attached hydrogens (tertiary/aromatic N) is 3. The molecule has 1 fully saturated rings. The van der Waals surface area contributed by atoms with Gasteiger partial charge in [-0.05, 0) is 41.4 Å². The molecule has 18 heavy (non-hydrogen) atoms. The summed E-state index contributed by atoms with van der Waals surface area (Å²) in [5.41, 5.74) is 0. The van der Waals surface area contributed by atoms with Crippen molar-refractivity contribution in [2.24, 2.45) is 0 Å². The zero-order chi connectivity index (χ0) is 13.0. The molecule has 1 aliphatic rings. The lowest BCUT2D eigenvalue weighted by molar-refractivity contribution is 0.584. The van der Waals surface area contributed by atoms with Gasteiger partial charge in [-0.3, -0.25) is 0 Å². The molecular formula is C13H20BrN3S. The number of hydrogen-bond acceptors (Lipinski definition) is 4. The molecule has 1 aromatic rings. The summed E-state index contributed by atoms with van der Waals surface area (Å²) in [6.07, 6.45) is 6.76. The topological polar surface area (TPSA) is 29.0 Å². The number of thioether (sulfide) groups is 1. The highest BCUT2D eigenvalue weighted by molar-refractivity contribution is 9.10. The van der Waals surface area contributed by atoms with Gasteiger partial charge in [-0.15, -0.1) is 0 Å². The molecule has 5 heteroatoms. The van der Waals surface area contributed by atoms with Crippen molar-refractivity contribution in [3.05, 3.63) is 16.5 Å². The maximum atomic E-state index is 4.68. The Morgan fingerprint density at radius 1 is 1.39 bits per heavy atom. The third-order valence-corrected chi connectivity index (χ3v) is 4.84. The van der Waals surface area contributed by atoms with E-state index in [0.29, 0.717) is 0 Å². The molecule has 1 saturated heterocycles. The van der Waals surface area contributed by atoms with E-state index in [-0.39, 0.29) is 0 Å². The third-order valence-electron chi connectivity index (χ3n) is 3.30. The monoisotopic (exact) mass is 329 g/mol. The molecule has 0 radical (unpaired) electrons. The van der Waals surface area contributed by atoms with Crippen molar-refractivity contribution in [3.8, 4) is 0 Å². The van der Waals surface area contributed by atoms with Crippen LogP contribution < -0.4 is 4.90 Å². The molecule has 0 atom stereocenters. The Kier molecular flexibility index (Phi) is 5.30. The zero-order valence-electron chi connectivity index (χ0n) is 11.0. The van der Waals surface area contributed by atoms with Gasteiger partial charge in [-0.1, -0.05) is 6.92 Å². The van der Waals surface area contributed by atoms with Crippen molar-refractivity contribution < 1.29 is 0 Å². The number of anilines is 1. The largest absolute Gasteiger partial charge is 0.356 e. The minimum atomic E-state index is 0.821. The number of aromatic nitrogens is 2. The molecule has 0 amide bonds. The average molecular weight is 330 g/mol. The summed E-state index contributed by atoms with van der Waals surface area (Å²) in [6.45, 7) is 4.38. The van der Waals surface area contributed by atoms with Crippen molar-refractivity contribution in [1.29, 1.82) is 0 Å². The first-order valence-corrected chi connectivity index (χ1v) is 8.62. The van der Waals surface area contributed by atoms with Gasteiger partial charge in [0.05, 0.1) is 0 Å². The summed E-state index contributed by atoms with van der Waals surface area (Å²) in [7, 11) is 0. The fourth-order valence-electron chi connectivity index (χ4n) is 2.27. The Labute approximate surface area is 122 Å². The summed E-state index contributed by atoms with van der Waals surface area (Å²) < 4.78 is 0.905. The first-order chi connectivity index (χ1) is 8.72. The number of aryl methyl sites for hydroxylation is 1. The van der Waals surface area contributed by atoms with Gasteiger partial charge in [-0.25, -0.2) is 9.97 Å². The predicted octanol–water partition coefficient (Wildman–Crippen LogP) is 3.52. The van der Waals surface area contributed by atoms with Crippen LogP contribution in [0.1, 0.15) is 32.0 Å². The fraction of sp³-hybridized carbons (Fsp3) is 0.692. The molecule has 0 aromatic carbocycles. The van der Waals surface area contributed by atoms with Crippen LogP contribution >= 0.6 is 27.7 Å². The van der Waals surface area contributed by atoms with E-state index in [2.05, 4.69) is 44.0 Å². The summed E-state index contributed by atoms with van der Waals surface area (Å²) in [5, 5.41) is 0.821. The number of rotatable bonds is 4. The highest BCUT2D eigenvalue weighted by atomic mass is 79.9. The number of halogens is 1. The van der Waals surface area contributed by atoms with Crippen LogP contribution in [0.4, 0.5) is 5.82 Å². The second-order valence-electron chi connectivity index (χ2n) is 4.64. The van der Waals surface area contributed by atoms with Gasteiger partial charge in [-0.2, -0.15) is 11.8 Å². The molecule has 3 nitrogen and oxygen atoms in total. The van der Waals surface area contributed by atoms with Crippen molar-refractivity contribution in [1.82, 2.24) is 9.97 Å². The van der Waals surface area contributed by atoms with E-state index in [0.717, 1.165) is 47.4 Å². The van der Waals surface area contributed by atoms with E-state index >= 15 is 0 Å². The Morgan fingerprint density at radius 2 is 2.11 bits per heavy atom. The third kappa shape index (κ3) is 3.60. The van der Waals surface area contributed by atoms with Crippen LogP contribution in [0, 0.1) is 0 Å². The van der Waals surface area contributed by atoms with Crippen LogP contribution in [-0.2, 0) is 6.42 Å². The van der Waals surface area contributed by atoms with E-state index in [1.165, 1.54) is 12.8 Å². The van der Waals surface area contributed by atoms with Crippen LogP contribution in [0.15, 0.2) is 10.7 Å². The molecule has 0 bridgehead atoms. The molecule has 0 unspecified atom stereocenters. The van der Waals surface area contributed by atoms with E-state index in [9.17, 15) is 0 Å². The second kappa shape index (κ2) is 6.75. The minimum Gasteiger partial charge on any atom is -0.356 e. The summed E-state index contributed by atoms with van der Waals surface area (Å²) >= 11 is 5.48. The maximum absolute atomic E-state index is 4.68. The molecule has 2 rings (SSSR count). The van der Waals surface area contributed by atoms with Crippen LogP contribution in [0.3, 0.4) is 0 Å². The first-order valence-electron chi connectivity index (χ1n) is 6.54. The normalized spacial score (nSPS) is 17.2. The molecule has 100 valence electrons. The molecule has 0 saturated carbocycles. The van der Waals surface area contributed by atoms with Gasteiger partial charge < -0.3 is 4.90 Å². The van der Waals surface area contributed by atoms with Crippen molar-refractivity contribution in [3.63, 3.8) is 0 Å². The molecule has 0 spiro atoms. The molecule has 2 heterocycles. The van der Waals surface area contributed by atoms with Gasteiger partial charge >= 0.3 is 0 Å².